The van der Waals surface area contributed by atoms with Crippen LogP contribution >= 0.6 is 15.9 Å². The Labute approximate surface area is 129 Å². The number of phenolic OH excluding ortho intramolecular Hbond substituents is 1. The van der Waals surface area contributed by atoms with E-state index < -0.39 is 0 Å². The summed E-state index contributed by atoms with van der Waals surface area (Å²) < 4.78 is 1.15. The molecule has 0 unspecified atom stereocenters. The lowest BCUT2D eigenvalue weighted by Gasteiger charge is -2.10. The molecule has 0 aliphatic rings. The highest BCUT2D eigenvalue weighted by Gasteiger charge is 2.24. The Kier molecular flexibility index (Phi) is 4.64. The van der Waals surface area contributed by atoms with Crippen LogP contribution in [0.25, 0.3) is 0 Å². The van der Waals surface area contributed by atoms with Gasteiger partial charge in [0.05, 0.1) is 5.56 Å². The fraction of sp³-hybridized carbons (Fsp3) is 0.143. The van der Waals surface area contributed by atoms with Crippen LogP contribution in [0, 0.1) is 5.21 Å². The summed E-state index contributed by atoms with van der Waals surface area (Å²) in [5.41, 5.74) is 0.215. The number of hydrogen-bond donors (Lipinski definition) is 2. The van der Waals surface area contributed by atoms with Crippen molar-refractivity contribution in [2.45, 2.75) is 6.92 Å². The first-order valence-electron chi connectivity index (χ1n) is 6.15. The van der Waals surface area contributed by atoms with Crippen LogP contribution < -0.4 is 4.73 Å². The van der Waals surface area contributed by atoms with Gasteiger partial charge >= 0.3 is 0 Å². The average molecular weight is 353 g/mol. The molecular weight excluding hydrogens is 340 g/mol. The zero-order chi connectivity index (χ0) is 15.4. The maximum atomic E-state index is 11.9. The number of rotatable bonds is 4. The van der Waals surface area contributed by atoms with E-state index in [4.69, 9.17) is 4.84 Å². The summed E-state index contributed by atoms with van der Waals surface area (Å²) in [4.78, 5) is 5.01. The van der Waals surface area contributed by atoms with Gasteiger partial charge in [0, 0.05) is 10.5 Å². The van der Waals surface area contributed by atoms with Crippen LogP contribution in [0.4, 0.5) is 0 Å². The van der Waals surface area contributed by atoms with Gasteiger partial charge in [-0.1, -0.05) is 21.1 Å². The Morgan fingerprint density at radius 1 is 1.33 bits per heavy atom. The molecule has 2 N–H and O–H groups in total. The molecule has 21 heavy (non-hydrogen) atoms. The molecule has 0 spiro atoms. The molecule has 0 aliphatic heterocycles. The SMILES string of the molecule is CCON=C(c1cc(Br)ccc1O)c1c(O)ccc[n+]1[O-]. The van der Waals surface area contributed by atoms with Crippen molar-refractivity contribution in [2.75, 3.05) is 6.61 Å². The van der Waals surface area contributed by atoms with Crippen molar-refractivity contribution in [1.82, 2.24) is 0 Å². The summed E-state index contributed by atoms with van der Waals surface area (Å²) in [6.07, 6.45) is 1.23. The first-order valence-corrected chi connectivity index (χ1v) is 6.94. The lowest BCUT2D eigenvalue weighted by Crippen LogP contribution is -2.34. The maximum Gasteiger partial charge on any atom is 0.288 e. The number of pyridine rings is 1. The van der Waals surface area contributed by atoms with Gasteiger partial charge in [0.1, 0.15) is 12.4 Å². The molecule has 0 saturated carbocycles. The van der Waals surface area contributed by atoms with E-state index in [1.54, 1.807) is 19.1 Å². The van der Waals surface area contributed by atoms with Crippen LogP contribution in [0.3, 0.4) is 0 Å². The highest BCUT2D eigenvalue weighted by Crippen LogP contribution is 2.27. The third-order valence-electron chi connectivity index (χ3n) is 2.66. The number of benzene rings is 1. The quantitative estimate of drug-likeness (QED) is 0.382. The Bertz CT molecular complexity index is 668. The van der Waals surface area contributed by atoms with E-state index in [-0.39, 0.29) is 35.1 Å². The first kappa shape index (κ1) is 15.1. The van der Waals surface area contributed by atoms with Crippen molar-refractivity contribution in [3.63, 3.8) is 0 Å². The van der Waals surface area contributed by atoms with E-state index in [1.807, 2.05) is 0 Å². The van der Waals surface area contributed by atoms with Gasteiger partial charge in [-0.05, 0) is 31.2 Å². The maximum absolute atomic E-state index is 11.9. The second-order valence-corrected chi connectivity index (χ2v) is 5.00. The Balaban J connectivity index is 2.67. The van der Waals surface area contributed by atoms with E-state index in [0.717, 1.165) is 0 Å². The summed E-state index contributed by atoms with van der Waals surface area (Å²) in [5.74, 6) is -0.342. The molecule has 110 valence electrons. The minimum absolute atomic E-state index is 0.0451. The minimum Gasteiger partial charge on any atom is -0.618 e. The fourth-order valence-corrected chi connectivity index (χ4v) is 2.11. The van der Waals surface area contributed by atoms with Crippen LogP contribution in [0.2, 0.25) is 0 Å². The van der Waals surface area contributed by atoms with E-state index >= 15 is 0 Å². The van der Waals surface area contributed by atoms with Crippen LogP contribution in [-0.2, 0) is 4.84 Å². The smallest absolute Gasteiger partial charge is 0.288 e. The van der Waals surface area contributed by atoms with Crippen molar-refractivity contribution < 1.29 is 19.8 Å². The van der Waals surface area contributed by atoms with Gasteiger partial charge in [0.2, 0.25) is 0 Å². The Morgan fingerprint density at radius 3 is 2.76 bits per heavy atom. The zero-order valence-electron chi connectivity index (χ0n) is 11.2. The standard InChI is InChI=1S/C14H13BrN2O4/c1-2-21-16-13(10-8-9(15)5-6-11(10)18)14-12(19)4-3-7-17(14)20/h3-8,18-19H,2H2,1H3. The second-order valence-electron chi connectivity index (χ2n) is 4.09. The van der Waals surface area contributed by atoms with E-state index in [2.05, 4.69) is 21.1 Å². The van der Waals surface area contributed by atoms with Gasteiger partial charge in [-0.15, -0.1) is 0 Å². The number of oxime groups is 1. The minimum atomic E-state index is -0.259. The molecular formula is C14H13BrN2O4. The van der Waals surface area contributed by atoms with Crippen LogP contribution in [0.15, 0.2) is 46.2 Å². The number of phenols is 1. The van der Waals surface area contributed by atoms with Crippen molar-refractivity contribution in [2.24, 2.45) is 5.16 Å². The molecule has 0 radical (unpaired) electrons. The molecule has 6 nitrogen and oxygen atoms in total. The Morgan fingerprint density at radius 2 is 2.10 bits per heavy atom. The lowest BCUT2D eigenvalue weighted by atomic mass is 10.1. The Hall–Kier alpha value is -2.28. The monoisotopic (exact) mass is 352 g/mol. The highest BCUT2D eigenvalue weighted by atomic mass is 79.9. The largest absolute Gasteiger partial charge is 0.618 e. The molecule has 7 heteroatoms. The van der Waals surface area contributed by atoms with E-state index in [0.29, 0.717) is 9.20 Å². The summed E-state index contributed by atoms with van der Waals surface area (Å²) in [5, 5.41) is 35.7. The normalized spacial score (nSPS) is 11.4. The molecule has 1 heterocycles. The number of halogens is 1. The van der Waals surface area contributed by atoms with Crippen molar-refractivity contribution in [1.29, 1.82) is 0 Å². The van der Waals surface area contributed by atoms with Gasteiger partial charge in [-0.2, -0.15) is 4.73 Å². The molecule has 0 bridgehead atoms. The van der Waals surface area contributed by atoms with Crippen molar-refractivity contribution in [3.05, 3.63) is 57.5 Å². The molecule has 1 aromatic heterocycles. The molecule has 0 aliphatic carbocycles. The highest BCUT2D eigenvalue weighted by molar-refractivity contribution is 9.10. The van der Waals surface area contributed by atoms with Crippen molar-refractivity contribution >= 4 is 21.6 Å². The first-order chi connectivity index (χ1) is 10.0. The molecule has 2 aromatic rings. The molecule has 1 aromatic carbocycles. The predicted octanol–water partition coefficient (Wildman–Crippen LogP) is 2.28. The van der Waals surface area contributed by atoms with E-state index in [9.17, 15) is 15.4 Å². The number of hydrogen-bond acceptors (Lipinski definition) is 5. The zero-order valence-corrected chi connectivity index (χ0v) is 12.7. The lowest BCUT2D eigenvalue weighted by molar-refractivity contribution is -0.607. The van der Waals surface area contributed by atoms with Crippen LogP contribution in [0.5, 0.6) is 11.5 Å². The summed E-state index contributed by atoms with van der Waals surface area (Å²) in [6, 6.07) is 7.45. The summed E-state index contributed by atoms with van der Waals surface area (Å²) in [7, 11) is 0. The predicted molar refractivity (Wildman–Crippen MR) is 80.1 cm³/mol. The van der Waals surface area contributed by atoms with Crippen LogP contribution in [0.1, 0.15) is 18.2 Å². The third kappa shape index (κ3) is 3.25. The fourth-order valence-electron chi connectivity index (χ4n) is 1.75. The van der Waals surface area contributed by atoms with Gasteiger partial charge in [-0.3, -0.25) is 0 Å². The van der Waals surface area contributed by atoms with Gasteiger partial charge in [0.25, 0.3) is 5.69 Å². The van der Waals surface area contributed by atoms with Crippen LogP contribution in [-0.4, -0.2) is 22.5 Å². The number of aromatic hydroxyl groups is 2. The summed E-state index contributed by atoms with van der Waals surface area (Å²) in [6.45, 7) is 2.02. The topological polar surface area (TPSA) is 89.0 Å². The second kappa shape index (κ2) is 6.45. The number of nitrogens with zero attached hydrogens (tertiary/aromatic N) is 2. The van der Waals surface area contributed by atoms with Gasteiger partial charge in [0.15, 0.2) is 17.7 Å². The number of aromatic nitrogens is 1. The molecule has 0 saturated heterocycles. The molecule has 0 fully saturated rings. The molecule has 0 atom stereocenters. The third-order valence-corrected chi connectivity index (χ3v) is 3.15. The van der Waals surface area contributed by atoms with E-state index in [1.165, 1.54) is 24.4 Å². The van der Waals surface area contributed by atoms with Gasteiger partial charge in [-0.25, -0.2) is 0 Å². The summed E-state index contributed by atoms with van der Waals surface area (Å²) >= 11 is 3.29. The molecule has 0 amide bonds. The molecule has 2 rings (SSSR count). The average Bonchev–Trinajstić information content (AvgIpc) is 2.45. The van der Waals surface area contributed by atoms with Gasteiger partial charge < -0.3 is 20.3 Å². The van der Waals surface area contributed by atoms with Crippen molar-refractivity contribution in [3.8, 4) is 11.5 Å².